The van der Waals surface area contributed by atoms with Crippen LogP contribution in [0.15, 0.2) is 29.6 Å². The van der Waals surface area contributed by atoms with E-state index in [4.69, 9.17) is 5.11 Å². The maximum Gasteiger partial charge on any atom is 0.309 e. The topological polar surface area (TPSA) is 53.4 Å². The Bertz CT molecular complexity index is 703. The second kappa shape index (κ2) is 7.45. The average molecular weight is 344 g/mol. The molecule has 0 radical (unpaired) electrons. The second-order valence-corrected chi connectivity index (χ2v) is 7.91. The summed E-state index contributed by atoms with van der Waals surface area (Å²) in [6.45, 7) is 7.95. The molecule has 0 saturated carbocycles. The van der Waals surface area contributed by atoms with Crippen molar-refractivity contribution in [2.45, 2.75) is 33.2 Å². The van der Waals surface area contributed by atoms with E-state index in [0.29, 0.717) is 5.69 Å². The number of piperidine rings is 1. The number of hydrogen-bond donors (Lipinski definition) is 1. The lowest BCUT2D eigenvalue weighted by Gasteiger charge is -2.35. The van der Waals surface area contributed by atoms with Gasteiger partial charge in [-0.05, 0) is 29.9 Å². The normalized spacial score (nSPS) is 21.8. The standard InChI is InChI=1S/C19H24N2O2S/c1-13-6-14(2)10-21(9-13)11-15-4-3-5-16(7-15)19-20-17(12-24-19)8-18(22)23/h3-5,7,12-14H,6,8-11H2,1-2H3,(H,22,23). The van der Waals surface area contributed by atoms with Gasteiger partial charge in [-0.1, -0.05) is 32.0 Å². The predicted octanol–water partition coefficient (Wildman–Crippen LogP) is 3.92. The van der Waals surface area contributed by atoms with E-state index in [1.54, 1.807) is 0 Å². The molecule has 1 aromatic carbocycles. The van der Waals surface area contributed by atoms with Gasteiger partial charge in [0.25, 0.3) is 0 Å². The zero-order valence-electron chi connectivity index (χ0n) is 14.2. The number of carboxylic acid groups (broad SMARTS) is 1. The van der Waals surface area contributed by atoms with E-state index in [1.807, 2.05) is 11.4 Å². The van der Waals surface area contributed by atoms with Crippen molar-refractivity contribution in [2.75, 3.05) is 13.1 Å². The first-order chi connectivity index (χ1) is 11.5. The van der Waals surface area contributed by atoms with Crippen LogP contribution in [-0.4, -0.2) is 34.0 Å². The number of aliphatic carboxylic acids is 1. The Balaban J connectivity index is 1.72. The summed E-state index contributed by atoms with van der Waals surface area (Å²) in [4.78, 5) is 17.8. The summed E-state index contributed by atoms with van der Waals surface area (Å²) in [6.07, 6.45) is 1.31. The highest BCUT2D eigenvalue weighted by Gasteiger charge is 2.21. The molecular weight excluding hydrogens is 320 g/mol. The molecule has 0 bridgehead atoms. The molecule has 4 nitrogen and oxygen atoms in total. The number of carboxylic acids is 1. The van der Waals surface area contributed by atoms with Gasteiger partial charge in [0.1, 0.15) is 5.01 Å². The van der Waals surface area contributed by atoms with Gasteiger partial charge in [0.15, 0.2) is 0 Å². The molecular formula is C19H24N2O2S. The Morgan fingerprint density at radius 1 is 1.33 bits per heavy atom. The summed E-state index contributed by atoms with van der Waals surface area (Å²) < 4.78 is 0. The van der Waals surface area contributed by atoms with E-state index in [0.717, 1.165) is 42.0 Å². The fraction of sp³-hybridized carbons (Fsp3) is 0.474. The molecule has 0 amide bonds. The van der Waals surface area contributed by atoms with Crippen LogP contribution in [0.3, 0.4) is 0 Å². The third-order valence-corrected chi connectivity index (χ3v) is 5.35. The molecule has 1 N–H and O–H groups in total. The lowest BCUT2D eigenvalue weighted by atomic mass is 9.91. The average Bonchev–Trinajstić information content (AvgIpc) is 2.94. The van der Waals surface area contributed by atoms with Crippen LogP contribution >= 0.6 is 11.3 Å². The van der Waals surface area contributed by atoms with E-state index in [2.05, 4.69) is 41.9 Å². The molecule has 1 saturated heterocycles. The number of carbonyl (C=O) groups is 1. The summed E-state index contributed by atoms with van der Waals surface area (Å²) >= 11 is 1.51. The third kappa shape index (κ3) is 4.42. The van der Waals surface area contributed by atoms with Crippen molar-refractivity contribution in [2.24, 2.45) is 11.8 Å². The number of hydrogen-bond acceptors (Lipinski definition) is 4. The fourth-order valence-corrected chi connectivity index (χ4v) is 4.47. The fourth-order valence-electron chi connectivity index (χ4n) is 3.66. The summed E-state index contributed by atoms with van der Waals surface area (Å²) in [5, 5.41) is 11.6. The maximum atomic E-state index is 10.8. The van der Waals surface area contributed by atoms with Crippen molar-refractivity contribution in [3.05, 3.63) is 40.9 Å². The molecule has 1 aliphatic rings. The van der Waals surface area contributed by atoms with Gasteiger partial charge in [-0.3, -0.25) is 9.69 Å². The Labute approximate surface area is 147 Å². The first kappa shape index (κ1) is 17.1. The number of thiazole rings is 1. The van der Waals surface area contributed by atoms with Gasteiger partial charge in [-0.15, -0.1) is 11.3 Å². The van der Waals surface area contributed by atoms with E-state index >= 15 is 0 Å². The van der Waals surface area contributed by atoms with E-state index in [-0.39, 0.29) is 6.42 Å². The van der Waals surface area contributed by atoms with Crippen molar-refractivity contribution in [3.8, 4) is 10.6 Å². The van der Waals surface area contributed by atoms with Crippen LogP contribution in [0, 0.1) is 11.8 Å². The van der Waals surface area contributed by atoms with Gasteiger partial charge in [-0.25, -0.2) is 4.98 Å². The van der Waals surface area contributed by atoms with Crippen LogP contribution in [0.5, 0.6) is 0 Å². The zero-order chi connectivity index (χ0) is 17.1. The largest absolute Gasteiger partial charge is 0.481 e. The highest BCUT2D eigenvalue weighted by atomic mass is 32.1. The molecule has 2 heterocycles. The van der Waals surface area contributed by atoms with Crippen molar-refractivity contribution < 1.29 is 9.90 Å². The summed E-state index contributed by atoms with van der Waals surface area (Å²) in [7, 11) is 0. The quantitative estimate of drug-likeness (QED) is 0.893. The predicted molar refractivity (Wildman–Crippen MR) is 97.1 cm³/mol. The summed E-state index contributed by atoms with van der Waals surface area (Å²) in [5.41, 5.74) is 3.00. The molecule has 1 fully saturated rings. The van der Waals surface area contributed by atoms with Gasteiger partial charge in [0.2, 0.25) is 0 Å². The third-order valence-electron chi connectivity index (χ3n) is 4.41. The minimum Gasteiger partial charge on any atom is -0.481 e. The minimum absolute atomic E-state index is 0.0141. The molecule has 2 unspecified atom stereocenters. The molecule has 0 aliphatic carbocycles. The molecule has 24 heavy (non-hydrogen) atoms. The first-order valence-electron chi connectivity index (χ1n) is 8.47. The summed E-state index contributed by atoms with van der Waals surface area (Å²) in [6, 6.07) is 8.47. The SMILES string of the molecule is CC1CC(C)CN(Cc2cccc(-c3nc(CC(=O)O)cs3)c2)C1. The molecule has 0 spiro atoms. The Hall–Kier alpha value is -1.72. The highest BCUT2D eigenvalue weighted by Crippen LogP contribution is 2.27. The van der Waals surface area contributed by atoms with Gasteiger partial charge in [-0.2, -0.15) is 0 Å². The van der Waals surface area contributed by atoms with E-state index in [1.165, 1.54) is 23.3 Å². The maximum absolute atomic E-state index is 10.8. The van der Waals surface area contributed by atoms with E-state index in [9.17, 15) is 4.79 Å². The van der Waals surface area contributed by atoms with Gasteiger partial charge in [0.05, 0.1) is 12.1 Å². The Morgan fingerprint density at radius 2 is 2.08 bits per heavy atom. The van der Waals surface area contributed by atoms with Gasteiger partial charge in [0, 0.05) is 30.6 Å². The number of aromatic nitrogens is 1. The molecule has 3 rings (SSSR count). The minimum atomic E-state index is -0.839. The molecule has 2 aromatic rings. The molecule has 5 heteroatoms. The molecule has 128 valence electrons. The number of nitrogens with zero attached hydrogens (tertiary/aromatic N) is 2. The van der Waals surface area contributed by atoms with Crippen LogP contribution in [0.25, 0.3) is 10.6 Å². The second-order valence-electron chi connectivity index (χ2n) is 7.06. The molecule has 1 aliphatic heterocycles. The van der Waals surface area contributed by atoms with Gasteiger partial charge < -0.3 is 5.11 Å². The van der Waals surface area contributed by atoms with Crippen LogP contribution in [0.1, 0.15) is 31.5 Å². The number of rotatable bonds is 5. The summed E-state index contributed by atoms with van der Waals surface area (Å²) in [5.74, 6) is 0.679. The lowest BCUT2D eigenvalue weighted by molar-refractivity contribution is -0.136. The number of likely N-dealkylation sites (tertiary alicyclic amines) is 1. The number of benzene rings is 1. The van der Waals surface area contributed by atoms with Crippen molar-refractivity contribution in [3.63, 3.8) is 0 Å². The van der Waals surface area contributed by atoms with Crippen LogP contribution in [0.4, 0.5) is 0 Å². The van der Waals surface area contributed by atoms with Crippen LogP contribution in [-0.2, 0) is 17.8 Å². The highest BCUT2D eigenvalue weighted by molar-refractivity contribution is 7.13. The van der Waals surface area contributed by atoms with E-state index < -0.39 is 5.97 Å². The molecule has 2 atom stereocenters. The first-order valence-corrected chi connectivity index (χ1v) is 9.35. The lowest BCUT2D eigenvalue weighted by Crippen LogP contribution is -2.38. The van der Waals surface area contributed by atoms with Crippen molar-refractivity contribution in [1.82, 2.24) is 9.88 Å². The van der Waals surface area contributed by atoms with Gasteiger partial charge >= 0.3 is 5.97 Å². The monoisotopic (exact) mass is 344 g/mol. The molecule has 1 aromatic heterocycles. The van der Waals surface area contributed by atoms with Crippen LogP contribution < -0.4 is 0 Å². The zero-order valence-corrected chi connectivity index (χ0v) is 15.1. The Morgan fingerprint density at radius 3 is 2.79 bits per heavy atom. The smallest absolute Gasteiger partial charge is 0.309 e. The van der Waals surface area contributed by atoms with Crippen LogP contribution in [0.2, 0.25) is 0 Å². The Kier molecular flexibility index (Phi) is 5.31. The van der Waals surface area contributed by atoms with Crippen molar-refractivity contribution in [1.29, 1.82) is 0 Å². The van der Waals surface area contributed by atoms with Crippen molar-refractivity contribution >= 4 is 17.3 Å².